The van der Waals surface area contributed by atoms with Crippen molar-refractivity contribution in [2.75, 3.05) is 19.5 Å². The fourth-order valence-electron chi connectivity index (χ4n) is 1.99. The average molecular weight is 301 g/mol. The third-order valence-electron chi connectivity index (χ3n) is 3.07. The molecule has 0 atom stereocenters. The van der Waals surface area contributed by atoms with Gasteiger partial charge in [0, 0.05) is 17.8 Å². The van der Waals surface area contributed by atoms with Crippen LogP contribution in [0.4, 0.5) is 5.69 Å². The Hall–Kier alpha value is -2.69. The van der Waals surface area contributed by atoms with Gasteiger partial charge >= 0.3 is 0 Å². The summed E-state index contributed by atoms with van der Waals surface area (Å²) in [7, 11) is 3.17. The number of benzene rings is 1. The zero-order valence-corrected chi connectivity index (χ0v) is 13.1. The number of hydrogen-bond donors (Lipinski definition) is 1. The first-order valence-corrected chi connectivity index (χ1v) is 6.81. The Bertz CT molecular complexity index is 700. The van der Waals surface area contributed by atoms with E-state index < -0.39 is 0 Å². The van der Waals surface area contributed by atoms with E-state index in [4.69, 9.17) is 13.9 Å². The van der Waals surface area contributed by atoms with E-state index in [9.17, 15) is 4.79 Å². The summed E-state index contributed by atoms with van der Waals surface area (Å²) in [4.78, 5) is 12.1. The smallest absolute Gasteiger partial charge is 0.222 e. The van der Waals surface area contributed by atoms with Crippen molar-refractivity contribution in [2.24, 2.45) is 0 Å². The minimum Gasteiger partial charge on any atom is -0.497 e. The van der Waals surface area contributed by atoms with Crippen molar-refractivity contribution in [1.82, 2.24) is 0 Å². The highest BCUT2D eigenvalue weighted by atomic mass is 16.5. The molecule has 116 valence electrons. The number of aryl methyl sites for hydroxylation is 1. The SMILES string of the molecule is COc1ccc(NC(C)=CC(=O)c2ccc(C)o2)c(OC)c1. The molecule has 1 N–H and O–H groups in total. The Morgan fingerprint density at radius 2 is 1.95 bits per heavy atom. The van der Waals surface area contributed by atoms with E-state index in [-0.39, 0.29) is 5.78 Å². The molecular weight excluding hydrogens is 282 g/mol. The van der Waals surface area contributed by atoms with E-state index in [1.165, 1.54) is 6.08 Å². The van der Waals surface area contributed by atoms with Crippen LogP contribution in [0.5, 0.6) is 11.5 Å². The number of rotatable bonds is 6. The zero-order chi connectivity index (χ0) is 16.1. The van der Waals surface area contributed by atoms with Crippen molar-refractivity contribution in [3.63, 3.8) is 0 Å². The number of ketones is 1. The first-order valence-electron chi connectivity index (χ1n) is 6.81. The minimum absolute atomic E-state index is 0.189. The molecular formula is C17H19NO4. The van der Waals surface area contributed by atoms with Crippen molar-refractivity contribution >= 4 is 11.5 Å². The highest BCUT2D eigenvalue weighted by Gasteiger charge is 2.09. The van der Waals surface area contributed by atoms with E-state index in [1.54, 1.807) is 46.3 Å². The van der Waals surface area contributed by atoms with E-state index in [0.29, 0.717) is 28.7 Å². The second-order valence-electron chi connectivity index (χ2n) is 4.79. The van der Waals surface area contributed by atoms with Gasteiger partial charge in [0.25, 0.3) is 0 Å². The molecule has 0 spiro atoms. The standard InChI is InChI=1S/C17H19NO4/c1-11(9-15(19)16-8-5-12(2)22-16)18-14-7-6-13(20-3)10-17(14)21-4/h5-10,18H,1-4H3. The Labute approximate surface area is 129 Å². The summed E-state index contributed by atoms with van der Waals surface area (Å²) in [5, 5.41) is 3.14. The summed E-state index contributed by atoms with van der Waals surface area (Å²) in [6.45, 7) is 3.60. The van der Waals surface area contributed by atoms with Crippen LogP contribution in [-0.4, -0.2) is 20.0 Å². The summed E-state index contributed by atoms with van der Waals surface area (Å²) in [6.07, 6.45) is 1.49. The molecule has 5 heteroatoms. The Balaban J connectivity index is 2.16. The molecule has 0 bridgehead atoms. The topological polar surface area (TPSA) is 60.7 Å². The van der Waals surface area contributed by atoms with Crippen molar-refractivity contribution in [3.05, 3.63) is 53.6 Å². The molecule has 0 saturated heterocycles. The van der Waals surface area contributed by atoms with E-state index in [0.717, 1.165) is 5.69 Å². The van der Waals surface area contributed by atoms with Gasteiger partial charge in [0.05, 0.1) is 19.9 Å². The zero-order valence-electron chi connectivity index (χ0n) is 13.1. The van der Waals surface area contributed by atoms with Crippen molar-refractivity contribution in [2.45, 2.75) is 13.8 Å². The molecule has 1 heterocycles. The quantitative estimate of drug-likeness (QED) is 0.649. The molecule has 0 aliphatic rings. The summed E-state index contributed by atoms with van der Waals surface area (Å²) in [6, 6.07) is 8.84. The third-order valence-corrected chi connectivity index (χ3v) is 3.07. The predicted molar refractivity (Wildman–Crippen MR) is 84.7 cm³/mol. The molecule has 0 aliphatic heterocycles. The molecule has 1 aromatic heterocycles. The molecule has 0 radical (unpaired) electrons. The van der Waals surface area contributed by atoms with Crippen molar-refractivity contribution in [1.29, 1.82) is 0 Å². The molecule has 2 aromatic rings. The number of furan rings is 1. The molecule has 5 nitrogen and oxygen atoms in total. The molecule has 0 amide bonds. The van der Waals surface area contributed by atoms with Gasteiger partial charge in [-0.05, 0) is 38.1 Å². The van der Waals surface area contributed by atoms with Gasteiger partial charge < -0.3 is 19.2 Å². The lowest BCUT2D eigenvalue weighted by molar-refractivity contribution is 0.102. The number of ether oxygens (including phenoxy) is 2. The Kier molecular flexibility index (Phi) is 4.88. The Morgan fingerprint density at radius 1 is 1.18 bits per heavy atom. The maximum atomic E-state index is 12.1. The second kappa shape index (κ2) is 6.85. The molecule has 22 heavy (non-hydrogen) atoms. The van der Waals surface area contributed by atoms with Gasteiger partial charge in [-0.15, -0.1) is 0 Å². The normalized spacial score (nSPS) is 11.2. The van der Waals surface area contributed by atoms with Crippen LogP contribution in [-0.2, 0) is 0 Å². The van der Waals surface area contributed by atoms with E-state index in [1.807, 2.05) is 12.1 Å². The first-order chi connectivity index (χ1) is 10.5. The monoisotopic (exact) mass is 301 g/mol. The number of nitrogens with one attached hydrogen (secondary N) is 1. The third kappa shape index (κ3) is 3.69. The van der Waals surface area contributed by atoms with Crippen LogP contribution in [0.1, 0.15) is 23.2 Å². The van der Waals surface area contributed by atoms with Gasteiger partial charge in [-0.25, -0.2) is 0 Å². The predicted octanol–water partition coefficient (Wildman–Crippen LogP) is 3.80. The van der Waals surface area contributed by atoms with Gasteiger partial charge in [-0.2, -0.15) is 0 Å². The van der Waals surface area contributed by atoms with Gasteiger partial charge in [0.15, 0.2) is 5.76 Å². The van der Waals surface area contributed by atoms with Crippen LogP contribution >= 0.6 is 0 Å². The molecule has 0 unspecified atom stereocenters. The van der Waals surface area contributed by atoms with Gasteiger partial charge in [0.2, 0.25) is 5.78 Å². The van der Waals surface area contributed by atoms with Gasteiger partial charge in [-0.3, -0.25) is 4.79 Å². The number of allylic oxidation sites excluding steroid dienone is 2. The number of carbonyl (C=O) groups is 1. The summed E-state index contributed by atoms with van der Waals surface area (Å²) < 4.78 is 15.8. The lowest BCUT2D eigenvalue weighted by atomic mass is 10.2. The highest BCUT2D eigenvalue weighted by molar-refractivity contribution is 6.03. The van der Waals surface area contributed by atoms with Crippen LogP contribution < -0.4 is 14.8 Å². The molecule has 0 aliphatic carbocycles. The fraction of sp³-hybridized carbons (Fsp3) is 0.235. The summed E-state index contributed by atoms with van der Waals surface area (Å²) >= 11 is 0. The van der Waals surface area contributed by atoms with Crippen LogP contribution in [0.15, 0.2) is 46.5 Å². The maximum Gasteiger partial charge on any atom is 0.222 e. The fourth-order valence-corrected chi connectivity index (χ4v) is 1.99. The average Bonchev–Trinajstić information content (AvgIpc) is 2.94. The Morgan fingerprint density at radius 3 is 2.55 bits per heavy atom. The number of carbonyl (C=O) groups excluding carboxylic acids is 1. The molecule has 0 saturated carbocycles. The van der Waals surface area contributed by atoms with Crippen LogP contribution in [0, 0.1) is 6.92 Å². The number of hydrogen-bond acceptors (Lipinski definition) is 5. The van der Waals surface area contributed by atoms with Crippen LogP contribution in [0.25, 0.3) is 0 Å². The van der Waals surface area contributed by atoms with E-state index in [2.05, 4.69) is 5.32 Å². The van der Waals surface area contributed by atoms with Crippen LogP contribution in [0.3, 0.4) is 0 Å². The lowest BCUT2D eigenvalue weighted by Crippen LogP contribution is -2.02. The van der Waals surface area contributed by atoms with Gasteiger partial charge in [-0.1, -0.05) is 0 Å². The molecule has 0 fully saturated rings. The van der Waals surface area contributed by atoms with E-state index >= 15 is 0 Å². The number of anilines is 1. The second-order valence-corrected chi connectivity index (χ2v) is 4.79. The van der Waals surface area contributed by atoms with Gasteiger partial charge in [0.1, 0.15) is 17.3 Å². The largest absolute Gasteiger partial charge is 0.497 e. The highest BCUT2D eigenvalue weighted by Crippen LogP contribution is 2.29. The lowest BCUT2D eigenvalue weighted by Gasteiger charge is -2.12. The first kappa shape index (κ1) is 15.7. The van der Waals surface area contributed by atoms with Crippen LogP contribution in [0.2, 0.25) is 0 Å². The molecule has 2 rings (SSSR count). The maximum absolute atomic E-state index is 12.1. The summed E-state index contributed by atoms with van der Waals surface area (Å²) in [5.41, 5.74) is 1.43. The van der Waals surface area contributed by atoms with Crippen molar-refractivity contribution in [3.8, 4) is 11.5 Å². The number of methoxy groups -OCH3 is 2. The minimum atomic E-state index is -0.189. The molecule has 1 aromatic carbocycles. The summed E-state index contributed by atoms with van der Waals surface area (Å²) in [5.74, 6) is 2.17. The van der Waals surface area contributed by atoms with Crippen molar-refractivity contribution < 1.29 is 18.7 Å².